The Labute approximate surface area is 268 Å². The van der Waals surface area contributed by atoms with Crippen LogP contribution in [-0.4, -0.2) is 43.2 Å². The van der Waals surface area contributed by atoms with Crippen molar-refractivity contribution >= 4 is 63.1 Å². The summed E-state index contributed by atoms with van der Waals surface area (Å²) in [6.45, 7) is 5.78. The topological polar surface area (TPSA) is 104 Å². The van der Waals surface area contributed by atoms with Crippen molar-refractivity contribution in [3.05, 3.63) is 119 Å². The van der Waals surface area contributed by atoms with E-state index >= 15 is 0 Å². The monoisotopic (exact) mass is 610 g/mol. The van der Waals surface area contributed by atoms with Crippen molar-refractivity contribution in [3.63, 3.8) is 0 Å². The number of hydrogen-bond donors (Lipinski definition) is 3. The third-order valence-electron chi connectivity index (χ3n) is 8.04. The fourth-order valence-corrected chi connectivity index (χ4v) is 5.88. The number of aromatic nitrogens is 4. The van der Waals surface area contributed by atoms with Crippen molar-refractivity contribution in [3.8, 4) is 0 Å². The number of nitrogens with zero attached hydrogens (tertiary/aromatic N) is 2. The Kier molecular flexibility index (Phi) is 8.94. The van der Waals surface area contributed by atoms with Crippen molar-refractivity contribution in [1.29, 1.82) is 0 Å². The molecular weight excluding hydrogens is 572 g/mol. The second-order valence-corrected chi connectivity index (χ2v) is 12.0. The average molecular weight is 611 g/mol. The molecule has 0 spiro atoms. The normalized spacial score (nSPS) is 12.9. The number of fused-ring (bicyclic) bond motifs is 9. The zero-order valence-corrected chi connectivity index (χ0v) is 26.3. The number of hydrogen-bond acceptors (Lipinski definition) is 5. The molecule has 0 saturated carbocycles. The molecule has 5 heterocycles. The number of nitrogens with one attached hydrogen (secondary N) is 2. The molecule has 232 valence electrons. The highest BCUT2D eigenvalue weighted by Gasteiger charge is 2.30. The van der Waals surface area contributed by atoms with Crippen molar-refractivity contribution in [2.45, 2.75) is 45.1 Å². The van der Waals surface area contributed by atoms with E-state index in [1.54, 1.807) is 20.8 Å². The largest absolute Gasteiger partial charge is 0.466 e. The van der Waals surface area contributed by atoms with Crippen LogP contribution in [0.4, 0.5) is 0 Å². The number of rotatable bonds is 6. The molecule has 3 aromatic heterocycles. The Bertz CT molecular complexity index is 1920. The summed E-state index contributed by atoms with van der Waals surface area (Å²) in [4.78, 5) is 27.7. The predicted molar refractivity (Wildman–Crippen MR) is 188 cm³/mol. The summed E-state index contributed by atoms with van der Waals surface area (Å²) in [5.74, 6) is -0.333. The Balaban J connectivity index is 0.000000163. The predicted octanol–water partition coefficient (Wildman–Crippen LogP) is 8.69. The first-order chi connectivity index (χ1) is 22.2. The van der Waals surface area contributed by atoms with Crippen LogP contribution in [0.3, 0.4) is 0 Å². The van der Waals surface area contributed by atoms with Crippen molar-refractivity contribution in [2.24, 2.45) is 0 Å². The van der Waals surface area contributed by atoms with E-state index in [0.29, 0.717) is 19.4 Å². The molecule has 7 heteroatoms. The summed E-state index contributed by atoms with van der Waals surface area (Å²) >= 11 is 0. The highest BCUT2D eigenvalue weighted by molar-refractivity contribution is 5.86. The maximum atomic E-state index is 11.7. The van der Waals surface area contributed by atoms with E-state index in [9.17, 15) is 9.90 Å². The lowest BCUT2D eigenvalue weighted by Gasteiger charge is -2.30. The molecule has 0 fully saturated rings. The molecule has 0 saturated heterocycles. The van der Waals surface area contributed by atoms with Crippen LogP contribution in [0.2, 0.25) is 0 Å². The van der Waals surface area contributed by atoms with Crippen LogP contribution in [0.15, 0.2) is 91.0 Å². The molecule has 3 N–H and O–H groups in total. The molecule has 1 unspecified atom stereocenters. The van der Waals surface area contributed by atoms with E-state index in [-0.39, 0.29) is 11.9 Å². The van der Waals surface area contributed by atoms with Crippen LogP contribution in [0.25, 0.3) is 57.1 Å². The molecule has 2 aromatic carbocycles. The van der Waals surface area contributed by atoms with Crippen LogP contribution < -0.4 is 0 Å². The zero-order valence-electron chi connectivity index (χ0n) is 26.3. The average Bonchev–Trinajstić information content (AvgIpc) is 3.84. The van der Waals surface area contributed by atoms with Gasteiger partial charge in [-0.15, -0.1) is 0 Å². The fourth-order valence-electron chi connectivity index (χ4n) is 5.88. The fraction of sp³-hybridized carbons (Fsp3) is 0.205. The molecule has 0 amide bonds. The van der Waals surface area contributed by atoms with E-state index in [4.69, 9.17) is 4.74 Å². The molecule has 46 heavy (non-hydrogen) atoms. The molecule has 5 aromatic rings. The molecular formula is C39H38N4O3. The molecule has 1 atom stereocenters. The van der Waals surface area contributed by atoms with Gasteiger partial charge in [0.25, 0.3) is 0 Å². The first kappa shape index (κ1) is 30.7. The van der Waals surface area contributed by atoms with Crippen LogP contribution in [0.5, 0.6) is 0 Å². The van der Waals surface area contributed by atoms with Crippen molar-refractivity contribution in [2.75, 3.05) is 6.61 Å². The summed E-state index contributed by atoms with van der Waals surface area (Å²) in [6.07, 6.45) is 8.97. The van der Waals surface area contributed by atoms with Gasteiger partial charge >= 0.3 is 5.97 Å². The van der Waals surface area contributed by atoms with Gasteiger partial charge in [-0.3, -0.25) is 4.79 Å². The Morgan fingerprint density at radius 3 is 1.70 bits per heavy atom. The van der Waals surface area contributed by atoms with Gasteiger partial charge in [-0.05, 0) is 116 Å². The number of aliphatic hydroxyl groups is 1. The number of carbonyl (C=O) groups is 1. The van der Waals surface area contributed by atoms with Crippen LogP contribution in [-0.2, 0) is 9.53 Å². The Hall–Kier alpha value is -5.27. The highest BCUT2D eigenvalue weighted by atomic mass is 16.5. The first-order valence-electron chi connectivity index (χ1n) is 15.6. The number of benzene rings is 2. The SMILES string of the molecule is C1=Cc2cc3ccc(cc4nc(cc5ccc(cc1n2)[nH]5)C=C4)[nH]3.CCOC(=O)CCC(c1cccc2ccccc12)C(C)(C)O. The highest BCUT2D eigenvalue weighted by Crippen LogP contribution is 2.36. The summed E-state index contributed by atoms with van der Waals surface area (Å²) in [6, 6.07) is 30.6. The van der Waals surface area contributed by atoms with Gasteiger partial charge in [-0.25, -0.2) is 9.97 Å². The van der Waals surface area contributed by atoms with E-state index in [0.717, 1.165) is 61.2 Å². The molecule has 7 rings (SSSR count). The van der Waals surface area contributed by atoms with Crippen molar-refractivity contribution < 1.29 is 14.6 Å². The lowest BCUT2D eigenvalue weighted by Crippen LogP contribution is -2.29. The lowest BCUT2D eigenvalue weighted by molar-refractivity contribution is -0.143. The van der Waals surface area contributed by atoms with E-state index in [1.807, 2.05) is 72.8 Å². The van der Waals surface area contributed by atoms with E-state index in [1.165, 1.54) is 0 Å². The number of esters is 1. The smallest absolute Gasteiger partial charge is 0.305 e. The molecule has 2 aliphatic rings. The van der Waals surface area contributed by atoms with Gasteiger partial charge in [0.2, 0.25) is 0 Å². The Morgan fingerprint density at radius 2 is 1.22 bits per heavy atom. The van der Waals surface area contributed by atoms with Crippen LogP contribution >= 0.6 is 0 Å². The number of aromatic amines is 2. The zero-order chi connectivity index (χ0) is 32.1. The van der Waals surface area contributed by atoms with Gasteiger partial charge in [0.1, 0.15) is 0 Å². The summed E-state index contributed by atoms with van der Waals surface area (Å²) < 4.78 is 5.01. The summed E-state index contributed by atoms with van der Waals surface area (Å²) in [5.41, 5.74) is 8.03. The molecule has 7 nitrogen and oxygen atoms in total. The van der Waals surface area contributed by atoms with Gasteiger partial charge in [-0.2, -0.15) is 0 Å². The second kappa shape index (κ2) is 13.4. The molecule has 0 aliphatic carbocycles. The third kappa shape index (κ3) is 7.50. The van der Waals surface area contributed by atoms with Gasteiger partial charge in [-0.1, -0.05) is 42.5 Å². The maximum Gasteiger partial charge on any atom is 0.305 e. The second-order valence-electron chi connectivity index (χ2n) is 12.0. The van der Waals surface area contributed by atoms with Gasteiger partial charge in [0.05, 0.1) is 35.0 Å². The third-order valence-corrected chi connectivity index (χ3v) is 8.04. The summed E-state index contributed by atoms with van der Waals surface area (Å²) in [7, 11) is 0. The standard InChI is InChI=1S/C20H14N4.C19H24O3/c1-2-14-10-16-5-6-18(23-16)12-20-8-7-19(24-20)11-17-4-3-15(22-17)9-13(1)21-14;1-4-22-18(20)13-12-17(19(2,3)21)16-11-7-9-14-8-5-6-10-15(14)16/h1-12,21,24H;5-11,17,21H,4,12-13H2,1-3H3. The molecule has 0 radical (unpaired) electrons. The van der Waals surface area contributed by atoms with Crippen LogP contribution in [0.1, 0.15) is 67.9 Å². The number of carbonyl (C=O) groups excluding carboxylic acids is 1. The summed E-state index contributed by atoms with van der Waals surface area (Å²) in [5, 5.41) is 12.9. The number of H-pyrrole nitrogens is 2. The van der Waals surface area contributed by atoms with Crippen LogP contribution in [0, 0.1) is 0 Å². The Morgan fingerprint density at radius 1 is 0.739 bits per heavy atom. The minimum atomic E-state index is -0.906. The minimum Gasteiger partial charge on any atom is -0.466 e. The lowest BCUT2D eigenvalue weighted by atomic mass is 9.79. The van der Waals surface area contributed by atoms with Gasteiger partial charge in [0.15, 0.2) is 0 Å². The van der Waals surface area contributed by atoms with Gasteiger partial charge < -0.3 is 19.8 Å². The van der Waals surface area contributed by atoms with Crippen molar-refractivity contribution in [1.82, 2.24) is 19.9 Å². The molecule has 8 bridgehead atoms. The van der Waals surface area contributed by atoms with Gasteiger partial charge in [0, 0.05) is 34.4 Å². The first-order valence-corrected chi connectivity index (χ1v) is 15.6. The molecule has 2 aliphatic heterocycles. The van der Waals surface area contributed by atoms with E-state index in [2.05, 4.69) is 62.4 Å². The van der Waals surface area contributed by atoms with E-state index < -0.39 is 5.60 Å². The number of ether oxygens (including phenoxy) is 1. The maximum absolute atomic E-state index is 11.7. The quantitative estimate of drug-likeness (QED) is 0.163. The minimum absolute atomic E-state index is 0.122.